The van der Waals surface area contributed by atoms with Crippen molar-refractivity contribution in [1.82, 2.24) is 0 Å². The molecule has 4 aliphatic rings. The molecule has 3 heteroatoms. The van der Waals surface area contributed by atoms with Gasteiger partial charge in [-0.2, -0.15) is 0 Å². The van der Waals surface area contributed by atoms with E-state index in [1.54, 1.807) is 0 Å². The summed E-state index contributed by atoms with van der Waals surface area (Å²) < 4.78 is 17.3. The summed E-state index contributed by atoms with van der Waals surface area (Å²) in [6, 6.07) is 0. The quantitative estimate of drug-likeness (QED) is 0.0481. The molecule has 306 valence electrons. The zero-order valence-electron chi connectivity index (χ0n) is 35.6. The van der Waals surface area contributed by atoms with E-state index in [2.05, 4.69) is 20.8 Å². The summed E-state index contributed by atoms with van der Waals surface area (Å²) in [5, 5.41) is 0. The molecular formula is C49H92O3. The smallest absolute Gasteiger partial charge is 0.0844 e. The van der Waals surface area contributed by atoms with Gasteiger partial charge in [-0.25, -0.2) is 0 Å². The average molecular weight is 729 g/mol. The molecule has 2 saturated heterocycles. The van der Waals surface area contributed by atoms with Crippen LogP contribution in [0, 0.1) is 29.6 Å². The van der Waals surface area contributed by atoms with Crippen LogP contribution in [-0.4, -0.2) is 37.6 Å². The third-order valence-electron chi connectivity index (χ3n) is 14.5. The predicted octanol–water partition coefficient (Wildman–Crippen LogP) is 15.4. The van der Waals surface area contributed by atoms with E-state index in [-0.39, 0.29) is 0 Å². The van der Waals surface area contributed by atoms with Crippen molar-refractivity contribution in [1.29, 1.82) is 0 Å². The first-order valence-electron chi connectivity index (χ1n) is 24.5. The van der Waals surface area contributed by atoms with Crippen LogP contribution in [0.4, 0.5) is 0 Å². The molecule has 0 radical (unpaired) electrons. The van der Waals surface area contributed by atoms with Crippen molar-refractivity contribution in [3.63, 3.8) is 0 Å². The van der Waals surface area contributed by atoms with Gasteiger partial charge in [0.2, 0.25) is 0 Å². The summed E-state index contributed by atoms with van der Waals surface area (Å²) in [7, 11) is 0. The van der Waals surface area contributed by atoms with Crippen molar-refractivity contribution in [3.05, 3.63) is 0 Å². The van der Waals surface area contributed by atoms with E-state index in [0.29, 0.717) is 24.4 Å². The van der Waals surface area contributed by atoms with Gasteiger partial charge in [-0.3, -0.25) is 0 Å². The van der Waals surface area contributed by atoms with Gasteiger partial charge < -0.3 is 14.2 Å². The van der Waals surface area contributed by atoms with Crippen LogP contribution in [-0.2, 0) is 14.2 Å². The van der Waals surface area contributed by atoms with Crippen LogP contribution in [0.2, 0.25) is 0 Å². The lowest BCUT2D eigenvalue weighted by Gasteiger charge is -2.43. The Hall–Kier alpha value is -0.120. The molecule has 9 atom stereocenters. The highest BCUT2D eigenvalue weighted by atomic mass is 16.6. The Kier molecular flexibility index (Phi) is 24.3. The second-order valence-corrected chi connectivity index (χ2v) is 19.2. The summed E-state index contributed by atoms with van der Waals surface area (Å²) in [6.45, 7) is 8.86. The highest BCUT2D eigenvalue weighted by Crippen LogP contribution is 2.41. The molecule has 4 fully saturated rings. The summed E-state index contributed by atoms with van der Waals surface area (Å²) in [4.78, 5) is 0. The number of epoxide rings is 1. The van der Waals surface area contributed by atoms with Crippen LogP contribution in [0.5, 0.6) is 0 Å². The number of hydrogen-bond donors (Lipinski definition) is 0. The highest BCUT2D eigenvalue weighted by molar-refractivity contribution is 4.91. The summed E-state index contributed by atoms with van der Waals surface area (Å²) in [5.74, 6) is 4.75. The van der Waals surface area contributed by atoms with Crippen molar-refractivity contribution in [2.75, 3.05) is 13.2 Å². The molecule has 0 amide bonds. The van der Waals surface area contributed by atoms with E-state index in [0.717, 1.165) is 49.2 Å². The topological polar surface area (TPSA) is 31.0 Å². The number of hydrogen-bond acceptors (Lipinski definition) is 3. The van der Waals surface area contributed by atoms with Crippen molar-refractivity contribution in [2.24, 2.45) is 29.6 Å². The third kappa shape index (κ3) is 20.2. The molecule has 0 aromatic carbocycles. The van der Waals surface area contributed by atoms with E-state index in [1.165, 1.54) is 218 Å². The number of unbranched alkanes of at least 4 members (excludes halogenated alkanes) is 18. The zero-order valence-corrected chi connectivity index (χ0v) is 35.6. The molecule has 2 heterocycles. The van der Waals surface area contributed by atoms with Crippen LogP contribution < -0.4 is 0 Å². The van der Waals surface area contributed by atoms with Crippen LogP contribution in [0.1, 0.15) is 245 Å². The Bertz CT molecular complexity index is 829. The van der Waals surface area contributed by atoms with Gasteiger partial charge in [0, 0.05) is 12.5 Å². The van der Waals surface area contributed by atoms with Crippen molar-refractivity contribution in [3.8, 4) is 0 Å². The minimum absolute atomic E-state index is 0.428. The zero-order chi connectivity index (χ0) is 36.5. The predicted molar refractivity (Wildman–Crippen MR) is 224 cm³/mol. The van der Waals surface area contributed by atoms with Gasteiger partial charge in [0.25, 0.3) is 0 Å². The molecule has 2 saturated carbocycles. The molecule has 0 bridgehead atoms. The fourth-order valence-corrected chi connectivity index (χ4v) is 10.3. The van der Waals surface area contributed by atoms with E-state index in [9.17, 15) is 0 Å². The summed E-state index contributed by atoms with van der Waals surface area (Å²) in [5.41, 5.74) is 0. The minimum atomic E-state index is 0.428. The van der Waals surface area contributed by atoms with Gasteiger partial charge in [0.05, 0.1) is 31.0 Å². The van der Waals surface area contributed by atoms with Gasteiger partial charge in [-0.15, -0.1) is 0 Å². The molecule has 4 rings (SSSR count). The largest absolute Gasteiger partial charge is 0.379 e. The Morgan fingerprint density at radius 3 is 1.46 bits per heavy atom. The number of ether oxygens (including phenoxy) is 3. The van der Waals surface area contributed by atoms with Gasteiger partial charge in [0.15, 0.2) is 0 Å². The molecule has 3 nitrogen and oxygen atoms in total. The molecule has 0 N–H and O–H groups in total. The Labute approximate surface area is 326 Å². The first kappa shape index (κ1) is 44.6. The Balaban J connectivity index is 0.961. The van der Waals surface area contributed by atoms with Crippen LogP contribution in [0.15, 0.2) is 0 Å². The normalized spacial score (nSPS) is 27.1. The Morgan fingerprint density at radius 2 is 0.981 bits per heavy atom. The molecular weight excluding hydrogens is 637 g/mol. The lowest BCUT2D eigenvalue weighted by atomic mass is 9.75. The first-order valence-corrected chi connectivity index (χ1v) is 24.5. The van der Waals surface area contributed by atoms with Crippen molar-refractivity contribution < 1.29 is 14.2 Å². The first-order chi connectivity index (χ1) is 25.6. The van der Waals surface area contributed by atoms with Crippen LogP contribution in [0.25, 0.3) is 0 Å². The maximum absolute atomic E-state index is 5.89. The van der Waals surface area contributed by atoms with Crippen molar-refractivity contribution in [2.45, 2.75) is 270 Å². The maximum Gasteiger partial charge on any atom is 0.0844 e. The fourth-order valence-electron chi connectivity index (χ4n) is 10.3. The molecule has 2 aliphatic heterocycles. The Morgan fingerprint density at radius 1 is 0.500 bits per heavy atom. The van der Waals surface area contributed by atoms with E-state index < -0.39 is 0 Å². The lowest BCUT2D eigenvalue weighted by molar-refractivity contribution is -0.144. The van der Waals surface area contributed by atoms with Crippen LogP contribution >= 0.6 is 0 Å². The molecule has 0 aromatic heterocycles. The second-order valence-electron chi connectivity index (χ2n) is 19.2. The third-order valence-corrected chi connectivity index (χ3v) is 14.5. The van der Waals surface area contributed by atoms with Gasteiger partial charge in [0.1, 0.15) is 0 Å². The van der Waals surface area contributed by atoms with Gasteiger partial charge in [-0.1, -0.05) is 187 Å². The summed E-state index contributed by atoms with van der Waals surface area (Å²) in [6.07, 6.45) is 53.0. The lowest BCUT2D eigenvalue weighted by Crippen LogP contribution is -2.44. The molecule has 9 unspecified atom stereocenters. The van der Waals surface area contributed by atoms with Crippen LogP contribution in [0.3, 0.4) is 0 Å². The van der Waals surface area contributed by atoms with E-state index >= 15 is 0 Å². The molecule has 52 heavy (non-hydrogen) atoms. The minimum Gasteiger partial charge on any atom is -0.379 e. The maximum atomic E-state index is 5.89. The van der Waals surface area contributed by atoms with Gasteiger partial charge >= 0.3 is 0 Å². The van der Waals surface area contributed by atoms with Gasteiger partial charge in [-0.05, 0) is 82.0 Å². The monoisotopic (exact) mass is 729 g/mol. The molecule has 2 aliphatic carbocycles. The SMILES string of the molecule is CCC(C)OCCC(C)CCCCCCCCCC(CCCCCCCCCC1CCC2OCC2C1)CCCCCCCCCC1CCC2OC2C1. The summed E-state index contributed by atoms with van der Waals surface area (Å²) >= 11 is 0. The second kappa shape index (κ2) is 28.3. The number of rotatable bonds is 35. The average Bonchev–Trinajstić information content (AvgIpc) is 3.92. The highest BCUT2D eigenvalue weighted by Gasteiger charge is 2.43. The van der Waals surface area contributed by atoms with Crippen molar-refractivity contribution >= 4 is 0 Å². The number of fused-ring (bicyclic) bond motifs is 2. The fraction of sp³-hybridized carbons (Fsp3) is 1.00. The molecule has 0 aromatic rings. The van der Waals surface area contributed by atoms with E-state index in [4.69, 9.17) is 14.2 Å². The standard InChI is InChI=1S/C49H92O3/c1-4-42(3)50-37-36-41(2)26-20-14-8-5-9-15-21-27-43(29-23-17-11-7-13-19-25-31-45-33-35-48-49(39-45)52-48)28-22-16-10-6-12-18-24-30-44-32-34-47-46(38-44)40-51-47/h41-49H,4-40H2,1-3H3. The molecule has 0 spiro atoms. The van der Waals surface area contributed by atoms with E-state index in [1.807, 2.05) is 0 Å².